The van der Waals surface area contributed by atoms with Gasteiger partial charge in [-0.3, -0.25) is 4.79 Å². The molecule has 2 rings (SSSR count). The Bertz CT molecular complexity index is 475. The van der Waals surface area contributed by atoms with E-state index in [1.807, 2.05) is 25.5 Å². The number of hydrogen-bond acceptors (Lipinski definition) is 5. The summed E-state index contributed by atoms with van der Waals surface area (Å²) in [5.41, 5.74) is 5.02. The molecule has 0 spiro atoms. The summed E-state index contributed by atoms with van der Waals surface area (Å²) in [7, 11) is 1.96. The number of hydrogen-bond donors (Lipinski definition) is 2. The zero-order valence-electron chi connectivity index (χ0n) is 11.6. The van der Waals surface area contributed by atoms with Crippen molar-refractivity contribution in [2.24, 2.45) is 12.8 Å². The Kier molecular flexibility index (Phi) is 4.15. The average Bonchev–Trinajstić information content (AvgIpc) is 2.90. The standard InChI is InChI=1S/C12H21N5OS/c1-4-14-12(10(13)18)6-5-9(7-12)19-11-16-15-8(2)17(11)3/h9,14H,4-7H2,1-3H3,(H2,13,18). The molecule has 1 fully saturated rings. The molecule has 3 N–H and O–H groups in total. The molecule has 1 aliphatic rings. The monoisotopic (exact) mass is 283 g/mol. The van der Waals surface area contributed by atoms with E-state index in [2.05, 4.69) is 15.5 Å². The molecule has 0 aliphatic heterocycles. The van der Waals surface area contributed by atoms with Crippen molar-refractivity contribution in [1.82, 2.24) is 20.1 Å². The van der Waals surface area contributed by atoms with E-state index in [-0.39, 0.29) is 5.91 Å². The van der Waals surface area contributed by atoms with E-state index >= 15 is 0 Å². The second-order valence-electron chi connectivity index (χ2n) is 5.05. The molecule has 106 valence electrons. The summed E-state index contributed by atoms with van der Waals surface area (Å²) in [6.07, 6.45) is 2.52. The molecule has 7 heteroatoms. The van der Waals surface area contributed by atoms with Crippen LogP contribution in [0.1, 0.15) is 32.0 Å². The first kappa shape index (κ1) is 14.3. The van der Waals surface area contributed by atoms with Gasteiger partial charge in [0.25, 0.3) is 0 Å². The Morgan fingerprint density at radius 2 is 2.37 bits per heavy atom. The van der Waals surface area contributed by atoms with E-state index < -0.39 is 5.54 Å². The Labute approximate surface area is 117 Å². The largest absolute Gasteiger partial charge is 0.368 e. The van der Waals surface area contributed by atoms with Crippen LogP contribution >= 0.6 is 11.8 Å². The van der Waals surface area contributed by atoms with Crippen molar-refractivity contribution < 1.29 is 4.79 Å². The fourth-order valence-electron chi connectivity index (χ4n) is 2.55. The quantitative estimate of drug-likeness (QED) is 0.826. The van der Waals surface area contributed by atoms with Gasteiger partial charge in [-0.1, -0.05) is 18.7 Å². The van der Waals surface area contributed by atoms with Crippen molar-refractivity contribution in [1.29, 1.82) is 0 Å². The van der Waals surface area contributed by atoms with Crippen LogP contribution in [0.25, 0.3) is 0 Å². The topological polar surface area (TPSA) is 85.8 Å². The van der Waals surface area contributed by atoms with Crippen molar-refractivity contribution >= 4 is 17.7 Å². The molecule has 1 heterocycles. The maximum atomic E-state index is 11.7. The van der Waals surface area contributed by atoms with Crippen LogP contribution in [0.15, 0.2) is 5.16 Å². The van der Waals surface area contributed by atoms with Gasteiger partial charge in [0.15, 0.2) is 5.16 Å². The number of carbonyl (C=O) groups excluding carboxylic acids is 1. The molecule has 1 aromatic heterocycles. The minimum Gasteiger partial charge on any atom is -0.368 e. The molecule has 2 unspecified atom stereocenters. The number of nitrogens with two attached hydrogens (primary N) is 1. The van der Waals surface area contributed by atoms with Crippen LogP contribution in [0.2, 0.25) is 0 Å². The number of thioether (sulfide) groups is 1. The third kappa shape index (κ3) is 2.76. The predicted molar refractivity (Wildman–Crippen MR) is 74.8 cm³/mol. The second-order valence-corrected chi connectivity index (χ2v) is 6.32. The van der Waals surface area contributed by atoms with Gasteiger partial charge < -0.3 is 15.6 Å². The van der Waals surface area contributed by atoms with Crippen molar-refractivity contribution in [2.45, 2.75) is 49.1 Å². The number of amides is 1. The molecule has 2 atom stereocenters. The van der Waals surface area contributed by atoms with Gasteiger partial charge >= 0.3 is 0 Å². The normalized spacial score (nSPS) is 26.8. The number of aryl methyl sites for hydroxylation is 1. The lowest BCUT2D eigenvalue weighted by Gasteiger charge is -2.26. The highest BCUT2D eigenvalue weighted by atomic mass is 32.2. The van der Waals surface area contributed by atoms with Crippen LogP contribution in [0.5, 0.6) is 0 Å². The molecule has 1 aromatic rings. The molecule has 0 radical (unpaired) electrons. The Balaban J connectivity index is 2.05. The fourth-order valence-corrected chi connectivity index (χ4v) is 3.83. The molecular formula is C12H21N5OS. The van der Waals surface area contributed by atoms with Crippen LogP contribution in [0, 0.1) is 6.92 Å². The highest BCUT2D eigenvalue weighted by molar-refractivity contribution is 7.99. The highest BCUT2D eigenvalue weighted by Crippen LogP contribution is 2.39. The van der Waals surface area contributed by atoms with Gasteiger partial charge in [-0.05, 0) is 32.7 Å². The summed E-state index contributed by atoms with van der Waals surface area (Å²) >= 11 is 1.69. The summed E-state index contributed by atoms with van der Waals surface area (Å²) < 4.78 is 1.97. The average molecular weight is 283 g/mol. The van der Waals surface area contributed by atoms with Crippen molar-refractivity contribution in [2.75, 3.05) is 6.54 Å². The summed E-state index contributed by atoms with van der Waals surface area (Å²) in [5, 5.41) is 12.7. The first-order valence-electron chi connectivity index (χ1n) is 6.56. The highest BCUT2D eigenvalue weighted by Gasteiger charge is 2.44. The molecule has 0 bridgehead atoms. The molecule has 0 saturated heterocycles. The number of nitrogens with zero attached hydrogens (tertiary/aromatic N) is 3. The van der Waals surface area contributed by atoms with Gasteiger partial charge in [-0.15, -0.1) is 10.2 Å². The van der Waals surface area contributed by atoms with Gasteiger partial charge in [0.2, 0.25) is 5.91 Å². The maximum Gasteiger partial charge on any atom is 0.237 e. The zero-order valence-corrected chi connectivity index (χ0v) is 12.5. The third-order valence-corrected chi connectivity index (χ3v) is 5.08. The van der Waals surface area contributed by atoms with Crippen LogP contribution < -0.4 is 11.1 Å². The van der Waals surface area contributed by atoms with Crippen LogP contribution in [0.4, 0.5) is 0 Å². The van der Waals surface area contributed by atoms with Gasteiger partial charge in [-0.25, -0.2) is 0 Å². The number of likely N-dealkylation sites (N-methyl/N-ethyl adjacent to an activating group) is 1. The van der Waals surface area contributed by atoms with E-state index in [9.17, 15) is 4.79 Å². The SMILES string of the molecule is CCNC1(C(N)=O)CCC(Sc2nnc(C)n2C)C1. The molecule has 19 heavy (non-hydrogen) atoms. The molecule has 1 amide bonds. The number of nitrogens with one attached hydrogen (secondary N) is 1. The first-order valence-corrected chi connectivity index (χ1v) is 7.44. The summed E-state index contributed by atoms with van der Waals surface area (Å²) in [6, 6.07) is 0. The van der Waals surface area contributed by atoms with E-state index in [0.717, 1.165) is 36.8 Å². The lowest BCUT2D eigenvalue weighted by Crippen LogP contribution is -2.53. The molecule has 1 saturated carbocycles. The van der Waals surface area contributed by atoms with Crippen molar-refractivity contribution in [3.8, 4) is 0 Å². The summed E-state index contributed by atoms with van der Waals surface area (Å²) in [6.45, 7) is 4.68. The lowest BCUT2D eigenvalue weighted by atomic mass is 9.97. The molecule has 6 nitrogen and oxygen atoms in total. The minimum atomic E-state index is -0.542. The van der Waals surface area contributed by atoms with Crippen LogP contribution in [-0.2, 0) is 11.8 Å². The van der Waals surface area contributed by atoms with Crippen LogP contribution in [0.3, 0.4) is 0 Å². The van der Waals surface area contributed by atoms with E-state index in [1.54, 1.807) is 11.8 Å². The van der Waals surface area contributed by atoms with Gasteiger partial charge in [0, 0.05) is 12.3 Å². The minimum absolute atomic E-state index is 0.244. The Hall–Kier alpha value is -1.08. The molecule has 1 aliphatic carbocycles. The maximum absolute atomic E-state index is 11.7. The van der Waals surface area contributed by atoms with Gasteiger partial charge in [0.1, 0.15) is 5.82 Å². The molecular weight excluding hydrogens is 262 g/mol. The first-order chi connectivity index (χ1) is 8.98. The fraction of sp³-hybridized carbons (Fsp3) is 0.750. The van der Waals surface area contributed by atoms with E-state index in [4.69, 9.17) is 5.73 Å². The van der Waals surface area contributed by atoms with E-state index in [0.29, 0.717) is 5.25 Å². The number of aromatic nitrogens is 3. The van der Waals surface area contributed by atoms with Crippen LogP contribution in [-0.4, -0.2) is 38.0 Å². The summed E-state index contributed by atoms with van der Waals surface area (Å²) in [4.78, 5) is 11.7. The zero-order chi connectivity index (χ0) is 14.0. The van der Waals surface area contributed by atoms with Crippen molar-refractivity contribution in [3.63, 3.8) is 0 Å². The Morgan fingerprint density at radius 1 is 1.63 bits per heavy atom. The lowest BCUT2D eigenvalue weighted by molar-refractivity contribution is -0.124. The van der Waals surface area contributed by atoms with Gasteiger partial charge in [0.05, 0.1) is 5.54 Å². The smallest absolute Gasteiger partial charge is 0.237 e. The predicted octanol–water partition coefficient (Wildman–Crippen LogP) is 0.602. The number of rotatable bonds is 5. The second kappa shape index (κ2) is 5.50. The number of primary amides is 1. The summed E-state index contributed by atoms with van der Waals surface area (Å²) in [5.74, 6) is 0.653. The number of carbonyl (C=O) groups is 1. The molecule has 0 aromatic carbocycles. The van der Waals surface area contributed by atoms with Gasteiger partial charge in [-0.2, -0.15) is 0 Å². The Morgan fingerprint density at radius 3 is 2.89 bits per heavy atom. The third-order valence-electron chi connectivity index (χ3n) is 3.78. The van der Waals surface area contributed by atoms with E-state index in [1.165, 1.54) is 0 Å². The van der Waals surface area contributed by atoms with Crippen molar-refractivity contribution in [3.05, 3.63) is 5.82 Å².